The summed E-state index contributed by atoms with van der Waals surface area (Å²) in [6.45, 7) is 4.09. The Labute approximate surface area is 142 Å². The molecule has 1 fully saturated rings. The van der Waals surface area contributed by atoms with Crippen LogP contribution in [0.1, 0.15) is 24.1 Å². The van der Waals surface area contributed by atoms with E-state index in [1.54, 1.807) is 0 Å². The van der Waals surface area contributed by atoms with Gasteiger partial charge in [-0.3, -0.25) is 4.79 Å². The number of anilines is 2. The van der Waals surface area contributed by atoms with E-state index >= 15 is 0 Å². The van der Waals surface area contributed by atoms with Gasteiger partial charge in [-0.15, -0.1) is 0 Å². The van der Waals surface area contributed by atoms with Gasteiger partial charge in [-0.1, -0.05) is 24.3 Å². The van der Waals surface area contributed by atoms with Crippen LogP contribution in [0.4, 0.5) is 11.4 Å². The topological polar surface area (TPSA) is 64.6 Å². The Hall–Kier alpha value is -2.53. The Kier molecular flexibility index (Phi) is 5.01. The molecule has 3 rings (SSSR count). The summed E-state index contributed by atoms with van der Waals surface area (Å²) in [7, 11) is 0. The Morgan fingerprint density at radius 2 is 2.04 bits per heavy atom. The SMILES string of the molecule is CC(Nc1ccc(N2CCNC(=O)C2)cc1)c1cccc(CO)c1. The van der Waals surface area contributed by atoms with Gasteiger partial charge in [-0.2, -0.15) is 0 Å². The molecule has 0 aliphatic carbocycles. The lowest BCUT2D eigenvalue weighted by Gasteiger charge is -2.28. The summed E-state index contributed by atoms with van der Waals surface area (Å²) in [5.74, 6) is 0.0702. The molecule has 5 heteroatoms. The second kappa shape index (κ2) is 7.36. The molecule has 2 aromatic rings. The van der Waals surface area contributed by atoms with Gasteiger partial charge in [0.1, 0.15) is 0 Å². The number of benzene rings is 2. The van der Waals surface area contributed by atoms with Gasteiger partial charge in [0, 0.05) is 30.5 Å². The molecule has 5 nitrogen and oxygen atoms in total. The van der Waals surface area contributed by atoms with Gasteiger partial charge in [0.05, 0.1) is 13.2 Å². The maximum Gasteiger partial charge on any atom is 0.239 e. The van der Waals surface area contributed by atoms with E-state index in [9.17, 15) is 9.90 Å². The van der Waals surface area contributed by atoms with Crippen LogP contribution in [0.25, 0.3) is 0 Å². The molecule has 0 radical (unpaired) electrons. The van der Waals surface area contributed by atoms with Gasteiger partial charge < -0.3 is 20.6 Å². The lowest BCUT2D eigenvalue weighted by molar-refractivity contribution is -0.120. The molecule has 1 unspecified atom stereocenters. The molecule has 1 aliphatic heterocycles. The zero-order chi connectivity index (χ0) is 16.9. The molecule has 3 N–H and O–H groups in total. The first kappa shape index (κ1) is 16.3. The van der Waals surface area contributed by atoms with Crippen molar-refractivity contribution in [3.8, 4) is 0 Å². The molecule has 0 bridgehead atoms. The smallest absolute Gasteiger partial charge is 0.239 e. The van der Waals surface area contributed by atoms with Crippen molar-refractivity contribution in [2.45, 2.75) is 19.6 Å². The molecule has 1 aliphatic rings. The fourth-order valence-corrected chi connectivity index (χ4v) is 2.92. The number of nitrogens with zero attached hydrogens (tertiary/aromatic N) is 1. The molecule has 0 aromatic heterocycles. The lowest BCUT2D eigenvalue weighted by Crippen LogP contribution is -2.47. The highest BCUT2D eigenvalue weighted by atomic mass is 16.3. The van der Waals surface area contributed by atoms with Gasteiger partial charge in [0.2, 0.25) is 5.91 Å². The second-order valence-electron chi connectivity index (χ2n) is 6.09. The average molecular weight is 325 g/mol. The zero-order valence-corrected chi connectivity index (χ0v) is 13.8. The fraction of sp³-hybridized carbons (Fsp3) is 0.316. The van der Waals surface area contributed by atoms with Gasteiger partial charge in [-0.25, -0.2) is 0 Å². The fourth-order valence-electron chi connectivity index (χ4n) is 2.92. The third-order valence-electron chi connectivity index (χ3n) is 4.29. The molecule has 126 valence electrons. The zero-order valence-electron chi connectivity index (χ0n) is 13.8. The van der Waals surface area contributed by atoms with Gasteiger partial charge >= 0.3 is 0 Å². The first-order valence-electron chi connectivity index (χ1n) is 8.23. The van der Waals surface area contributed by atoms with E-state index in [1.165, 1.54) is 0 Å². The summed E-state index contributed by atoms with van der Waals surface area (Å²) in [4.78, 5) is 13.6. The molecule has 0 spiro atoms. The molecular formula is C19H23N3O2. The van der Waals surface area contributed by atoms with Crippen molar-refractivity contribution >= 4 is 17.3 Å². The van der Waals surface area contributed by atoms with Crippen LogP contribution in [0.5, 0.6) is 0 Å². The van der Waals surface area contributed by atoms with Gasteiger partial charge in [-0.05, 0) is 42.3 Å². The Bertz CT molecular complexity index is 700. The van der Waals surface area contributed by atoms with Crippen molar-refractivity contribution in [2.24, 2.45) is 0 Å². The molecule has 1 atom stereocenters. The van der Waals surface area contributed by atoms with Gasteiger partial charge in [0.15, 0.2) is 0 Å². The highest BCUT2D eigenvalue weighted by Gasteiger charge is 2.16. The molecule has 1 heterocycles. The standard InChI is InChI=1S/C19H23N3O2/c1-14(16-4-2-3-15(11-16)13-23)21-17-5-7-18(8-6-17)22-10-9-20-19(24)12-22/h2-8,11,14,21,23H,9-10,12-13H2,1H3,(H,20,24). The number of amides is 1. The lowest BCUT2D eigenvalue weighted by atomic mass is 10.1. The van der Waals surface area contributed by atoms with E-state index in [1.807, 2.05) is 42.5 Å². The largest absolute Gasteiger partial charge is 0.392 e. The molecule has 24 heavy (non-hydrogen) atoms. The number of hydrogen-bond acceptors (Lipinski definition) is 4. The Morgan fingerprint density at radius 3 is 2.75 bits per heavy atom. The second-order valence-corrected chi connectivity index (χ2v) is 6.09. The van der Waals surface area contributed by atoms with Crippen LogP contribution in [0.2, 0.25) is 0 Å². The van der Waals surface area contributed by atoms with Crippen LogP contribution in [-0.2, 0) is 11.4 Å². The minimum absolute atomic E-state index is 0.0542. The van der Waals surface area contributed by atoms with E-state index in [4.69, 9.17) is 0 Å². The van der Waals surface area contributed by atoms with E-state index in [-0.39, 0.29) is 18.6 Å². The van der Waals surface area contributed by atoms with Crippen LogP contribution in [0.3, 0.4) is 0 Å². The number of rotatable bonds is 5. The van der Waals surface area contributed by atoms with Crippen molar-refractivity contribution in [1.82, 2.24) is 5.32 Å². The predicted molar refractivity (Wildman–Crippen MR) is 96.1 cm³/mol. The van der Waals surface area contributed by atoms with Crippen molar-refractivity contribution < 1.29 is 9.90 Å². The maximum atomic E-state index is 11.5. The van der Waals surface area contributed by atoms with E-state index < -0.39 is 0 Å². The van der Waals surface area contributed by atoms with Crippen LogP contribution >= 0.6 is 0 Å². The van der Waals surface area contributed by atoms with Crippen LogP contribution < -0.4 is 15.5 Å². The third-order valence-corrected chi connectivity index (χ3v) is 4.29. The quantitative estimate of drug-likeness (QED) is 0.789. The van der Waals surface area contributed by atoms with E-state index in [0.717, 1.165) is 29.0 Å². The summed E-state index contributed by atoms with van der Waals surface area (Å²) in [6.07, 6.45) is 0. The van der Waals surface area contributed by atoms with Gasteiger partial charge in [0.25, 0.3) is 0 Å². The number of carbonyl (C=O) groups excluding carboxylic acids is 1. The predicted octanol–water partition coefficient (Wildman–Crippen LogP) is 2.29. The minimum Gasteiger partial charge on any atom is -0.392 e. The Morgan fingerprint density at radius 1 is 1.25 bits per heavy atom. The van der Waals surface area contributed by atoms with E-state index in [0.29, 0.717) is 13.1 Å². The van der Waals surface area contributed by atoms with Crippen LogP contribution in [0, 0.1) is 0 Å². The number of piperazine rings is 1. The first-order chi connectivity index (χ1) is 11.7. The number of carbonyl (C=O) groups is 1. The van der Waals surface area contributed by atoms with E-state index in [2.05, 4.69) is 28.5 Å². The molecule has 1 saturated heterocycles. The highest BCUT2D eigenvalue weighted by Crippen LogP contribution is 2.23. The number of aliphatic hydroxyl groups excluding tert-OH is 1. The monoisotopic (exact) mass is 325 g/mol. The third kappa shape index (κ3) is 3.86. The normalized spacial score (nSPS) is 15.8. The van der Waals surface area contributed by atoms with Crippen molar-refractivity contribution in [1.29, 1.82) is 0 Å². The molecule has 2 aromatic carbocycles. The van der Waals surface area contributed by atoms with Crippen molar-refractivity contribution in [3.05, 3.63) is 59.7 Å². The highest BCUT2D eigenvalue weighted by molar-refractivity contribution is 5.82. The van der Waals surface area contributed by atoms with Crippen molar-refractivity contribution in [3.63, 3.8) is 0 Å². The number of aliphatic hydroxyl groups is 1. The van der Waals surface area contributed by atoms with Crippen LogP contribution in [0.15, 0.2) is 48.5 Å². The minimum atomic E-state index is 0.0542. The molecular weight excluding hydrogens is 302 g/mol. The average Bonchev–Trinajstić information content (AvgIpc) is 2.62. The maximum absolute atomic E-state index is 11.5. The molecule has 0 saturated carbocycles. The number of hydrogen-bond donors (Lipinski definition) is 3. The Balaban J connectivity index is 1.66. The summed E-state index contributed by atoms with van der Waals surface area (Å²) < 4.78 is 0. The van der Waals surface area contributed by atoms with Crippen LogP contribution in [-0.4, -0.2) is 30.6 Å². The summed E-state index contributed by atoms with van der Waals surface area (Å²) >= 11 is 0. The summed E-state index contributed by atoms with van der Waals surface area (Å²) in [6, 6.07) is 16.2. The first-order valence-corrected chi connectivity index (χ1v) is 8.23. The molecule has 1 amide bonds. The summed E-state index contributed by atoms with van der Waals surface area (Å²) in [5.41, 5.74) is 4.14. The number of nitrogens with one attached hydrogen (secondary N) is 2. The summed E-state index contributed by atoms with van der Waals surface area (Å²) in [5, 5.41) is 15.6. The van der Waals surface area contributed by atoms with Crippen molar-refractivity contribution in [2.75, 3.05) is 29.9 Å².